The third kappa shape index (κ3) is 5.17. The first kappa shape index (κ1) is 20.2. The maximum absolute atomic E-state index is 9.06. The molecule has 26 heavy (non-hydrogen) atoms. The van der Waals surface area contributed by atoms with Gasteiger partial charge < -0.3 is 25.0 Å². The predicted molar refractivity (Wildman–Crippen MR) is 101 cm³/mol. The average Bonchev–Trinajstić information content (AvgIpc) is 2.64. The van der Waals surface area contributed by atoms with Gasteiger partial charge in [0.2, 0.25) is 0 Å². The molecule has 0 saturated carbocycles. The highest BCUT2D eigenvalue weighted by Crippen LogP contribution is 2.33. The van der Waals surface area contributed by atoms with Gasteiger partial charge in [-0.15, -0.1) is 0 Å². The van der Waals surface area contributed by atoms with Gasteiger partial charge in [-0.3, -0.25) is 4.90 Å². The van der Waals surface area contributed by atoms with E-state index in [2.05, 4.69) is 15.3 Å². The summed E-state index contributed by atoms with van der Waals surface area (Å²) in [5.74, 6) is 2.69. The molecule has 0 aliphatic rings. The number of rotatable bonds is 11. The second kappa shape index (κ2) is 10.1. The van der Waals surface area contributed by atoms with Crippen molar-refractivity contribution in [1.29, 1.82) is 0 Å². The van der Waals surface area contributed by atoms with Crippen LogP contribution < -0.4 is 14.8 Å². The Hall–Kier alpha value is -2.16. The minimum absolute atomic E-state index is 0.0881. The normalized spacial score (nSPS) is 11.2. The van der Waals surface area contributed by atoms with E-state index < -0.39 is 0 Å². The molecule has 3 N–H and O–H groups in total. The van der Waals surface area contributed by atoms with Crippen LogP contribution in [0, 0.1) is 6.92 Å². The molecule has 0 radical (unpaired) electrons. The number of anilines is 1. The van der Waals surface area contributed by atoms with E-state index in [-0.39, 0.29) is 13.2 Å². The van der Waals surface area contributed by atoms with Crippen LogP contribution in [0.4, 0.5) is 5.82 Å². The van der Waals surface area contributed by atoms with Gasteiger partial charge in [0, 0.05) is 31.1 Å². The van der Waals surface area contributed by atoms with Gasteiger partial charge in [-0.25, -0.2) is 9.97 Å². The number of methoxy groups -OCH3 is 2. The molecular formula is C18H28N4O4. The molecule has 8 heteroatoms. The van der Waals surface area contributed by atoms with Crippen LogP contribution in [0.2, 0.25) is 0 Å². The molecule has 144 valence electrons. The van der Waals surface area contributed by atoms with Crippen molar-refractivity contribution in [3.63, 3.8) is 0 Å². The van der Waals surface area contributed by atoms with E-state index in [9.17, 15) is 0 Å². The van der Waals surface area contributed by atoms with Crippen molar-refractivity contribution >= 4 is 16.7 Å². The lowest BCUT2D eigenvalue weighted by molar-refractivity contribution is 0.161. The molecule has 0 saturated heterocycles. The van der Waals surface area contributed by atoms with Gasteiger partial charge in [-0.05, 0) is 26.0 Å². The van der Waals surface area contributed by atoms with E-state index in [4.69, 9.17) is 19.7 Å². The van der Waals surface area contributed by atoms with E-state index in [0.717, 1.165) is 29.7 Å². The summed E-state index contributed by atoms with van der Waals surface area (Å²) in [7, 11) is 3.20. The Morgan fingerprint density at radius 2 is 1.65 bits per heavy atom. The summed E-state index contributed by atoms with van der Waals surface area (Å²) in [4.78, 5) is 11.0. The van der Waals surface area contributed by atoms with Crippen molar-refractivity contribution in [2.75, 3.05) is 58.9 Å². The first-order chi connectivity index (χ1) is 12.6. The number of aromatic nitrogens is 2. The average molecular weight is 364 g/mol. The molecular weight excluding hydrogens is 336 g/mol. The summed E-state index contributed by atoms with van der Waals surface area (Å²) in [6.07, 6.45) is 0.859. The smallest absolute Gasteiger partial charge is 0.162 e. The zero-order chi connectivity index (χ0) is 18.9. The van der Waals surface area contributed by atoms with Crippen molar-refractivity contribution in [1.82, 2.24) is 14.9 Å². The molecule has 0 bridgehead atoms. The van der Waals surface area contributed by atoms with Gasteiger partial charge in [0.15, 0.2) is 11.5 Å². The van der Waals surface area contributed by atoms with Crippen LogP contribution in [0.3, 0.4) is 0 Å². The van der Waals surface area contributed by atoms with Crippen molar-refractivity contribution in [3.8, 4) is 11.5 Å². The number of aliphatic hydroxyl groups excluding tert-OH is 2. The van der Waals surface area contributed by atoms with Crippen LogP contribution in [0.15, 0.2) is 12.1 Å². The fourth-order valence-electron chi connectivity index (χ4n) is 2.83. The maximum atomic E-state index is 9.06. The maximum Gasteiger partial charge on any atom is 0.162 e. The second-order valence-electron chi connectivity index (χ2n) is 5.91. The second-order valence-corrected chi connectivity index (χ2v) is 5.91. The Bertz CT molecular complexity index is 705. The van der Waals surface area contributed by atoms with E-state index in [1.807, 2.05) is 24.0 Å². The minimum atomic E-state index is 0.0881. The van der Waals surface area contributed by atoms with Crippen molar-refractivity contribution < 1.29 is 19.7 Å². The van der Waals surface area contributed by atoms with E-state index in [1.54, 1.807) is 14.2 Å². The van der Waals surface area contributed by atoms with Gasteiger partial charge in [0.1, 0.15) is 11.6 Å². The van der Waals surface area contributed by atoms with Crippen molar-refractivity contribution in [2.45, 2.75) is 13.3 Å². The zero-order valence-electron chi connectivity index (χ0n) is 15.7. The molecule has 2 rings (SSSR count). The van der Waals surface area contributed by atoms with E-state index in [1.165, 1.54) is 0 Å². The summed E-state index contributed by atoms with van der Waals surface area (Å²) < 4.78 is 10.7. The van der Waals surface area contributed by atoms with Gasteiger partial charge in [0.25, 0.3) is 0 Å². The number of nitrogens with one attached hydrogen (secondary N) is 1. The molecule has 0 aliphatic heterocycles. The number of aliphatic hydroxyl groups is 2. The molecule has 0 amide bonds. The van der Waals surface area contributed by atoms with Crippen LogP contribution >= 0.6 is 0 Å². The summed E-state index contributed by atoms with van der Waals surface area (Å²) >= 11 is 0. The largest absolute Gasteiger partial charge is 0.493 e. The first-order valence-corrected chi connectivity index (χ1v) is 8.71. The molecule has 1 aromatic carbocycles. The molecule has 0 fully saturated rings. The summed E-state index contributed by atoms with van der Waals surface area (Å²) in [5.41, 5.74) is 0.792. The first-order valence-electron chi connectivity index (χ1n) is 8.71. The lowest BCUT2D eigenvalue weighted by Gasteiger charge is -2.20. The Kier molecular flexibility index (Phi) is 7.83. The fourth-order valence-corrected chi connectivity index (χ4v) is 2.83. The van der Waals surface area contributed by atoms with Crippen LogP contribution in [-0.2, 0) is 0 Å². The monoisotopic (exact) mass is 364 g/mol. The molecule has 1 heterocycles. The van der Waals surface area contributed by atoms with Crippen LogP contribution in [0.1, 0.15) is 12.2 Å². The molecule has 2 aromatic rings. The van der Waals surface area contributed by atoms with Crippen molar-refractivity contribution in [2.24, 2.45) is 0 Å². The van der Waals surface area contributed by atoms with E-state index >= 15 is 0 Å². The quantitative estimate of drug-likeness (QED) is 0.509. The highest BCUT2D eigenvalue weighted by atomic mass is 16.5. The number of benzene rings is 1. The summed E-state index contributed by atoms with van der Waals surface area (Å²) in [5, 5.41) is 22.4. The Morgan fingerprint density at radius 3 is 2.27 bits per heavy atom. The Morgan fingerprint density at radius 1 is 1.00 bits per heavy atom. The minimum Gasteiger partial charge on any atom is -0.493 e. The Labute approximate surface area is 153 Å². The van der Waals surface area contributed by atoms with E-state index in [0.29, 0.717) is 37.0 Å². The molecule has 0 unspecified atom stereocenters. The highest BCUT2D eigenvalue weighted by molar-refractivity contribution is 5.91. The molecule has 0 atom stereocenters. The number of ether oxygens (including phenoxy) is 2. The number of nitrogens with zero attached hydrogens (tertiary/aromatic N) is 3. The fraction of sp³-hybridized carbons (Fsp3) is 0.556. The van der Waals surface area contributed by atoms with Gasteiger partial charge >= 0.3 is 0 Å². The lowest BCUT2D eigenvalue weighted by atomic mass is 10.2. The number of hydrogen-bond donors (Lipinski definition) is 3. The third-order valence-corrected chi connectivity index (χ3v) is 4.09. The van der Waals surface area contributed by atoms with Crippen LogP contribution in [-0.4, -0.2) is 78.7 Å². The predicted octanol–water partition coefficient (Wildman–Crippen LogP) is 1.04. The number of aryl methyl sites for hydroxylation is 1. The standard InChI is InChI=1S/C18H28N4O4/c1-13-20-15-12-17(26-3)16(25-2)11-14(15)18(21-13)19-5-4-6-22(7-9-23)8-10-24/h11-12,23-24H,4-10H2,1-3H3,(H,19,20,21). The molecule has 8 nitrogen and oxygen atoms in total. The molecule has 0 spiro atoms. The molecule has 0 aliphatic carbocycles. The van der Waals surface area contributed by atoms with Crippen molar-refractivity contribution in [3.05, 3.63) is 18.0 Å². The zero-order valence-corrected chi connectivity index (χ0v) is 15.7. The van der Waals surface area contributed by atoms with Crippen LogP contribution in [0.25, 0.3) is 10.9 Å². The van der Waals surface area contributed by atoms with Crippen LogP contribution in [0.5, 0.6) is 11.5 Å². The topological polar surface area (TPSA) is 100.0 Å². The van der Waals surface area contributed by atoms with Gasteiger partial charge in [0.05, 0.1) is 33.0 Å². The number of hydrogen-bond acceptors (Lipinski definition) is 8. The van der Waals surface area contributed by atoms with Gasteiger partial charge in [-0.1, -0.05) is 0 Å². The third-order valence-electron chi connectivity index (χ3n) is 4.09. The summed E-state index contributed by atoms with van der Waals surface area (Å²) in [6.45, 7) is 4.65. The number of fused-ring (bicyclic) bond motifs is 1. The van der Waals surface area contributed by atoms with Gasteiger partial charge in [-0.2, -0.15) is 0 Å². The SMILES string of the molecule is COc1cc2nc(C)nc(NCCCN(CCO)CCO)c2cc1OC. The summed E-state index contributed by atoms with van der Waals surface area (Å²) in [6, 6.07) is 3.72. The Balaban J connectivity index is 2.11. The highest BCUT2D eigenvalue weighted by Gasteiger charge is 2.12. The lowest BCUT2D eigenvalue weighted by Crippen LogP contribution is -2.31. The molecule has 1 aromatic heterocycles.